The smallest absolute Gasteiger partial charge is 0.292 e. The van der Waals surface area contributed by atoms with Crippen LogP contribution in [0.15, 0.2) is 18.2 Å². The fraction of sp³-hybridized carbons (Fsp3) is 0.529. The Morgan fingerprint density at radius 3 is 2.75 bits per heavy atom. The monoisotopic (exact) mass is 371 g/mol. The maximum atomic E-state index is 12.9. The summed E-state index contributed by atoms with van der Waals surface area (Å²) < 4.78 is 0. The third-order valence-electron chi connectivity index (χ3n) is 5.01. The van der Waals surface area contributed by atoms with Gasteiger partial charge in [-0.15, -0.1) is 0 Å². The van der Waals surface area contributed by atoms with Crippen molar-refractivity contribution in [2.45, 2.75) is 44.2 Å². The number of imide groups is 1. The molecule has 2 aliphatic heterocycles. The number of piperidine rings is 1. The summed E-state index contributed by atoms with van der Waals surface area (Å²) in [6, 6.07) is 4.61. The van der Waals surface area contributed by atoms with E-state index in [9.17, 15) is 14.7 Å². The second kappa shape index (κ2) is 7.40. The van der Waals surface area contributed by atoms with Crippen molar-refractivity contribution in [3.8, 4) is 0 Å². The quantitative estimate of drug-likeness (QED) is 0.787. The van der Waals surface area contributed by atoms with Crippen LogP contribution in [0.1, 0.15) is 32.1 Å². The van der Waals surface area contributed by atoms with Crippen LogP contribution in [0.3, 0.4) is 0 Å². The van der Waals surface area contributed by atoms with E-state index in [1.807, 2.05) is 0 Å². The van der Waals surface area contributed by atoms with E-state index in [-0.39, 0.29) is 36.9 Å². The summed E-state index contributed by atoms with van der Waals surface area (Å²) >= 11 is 12.1. The summed E-state index contributed by atoms with van der Waals surface area (Å²) in [5, 5.41) is 10.0. The number of likely N-dealkylation sites (tertiary alicyclic amines) is 1. The number of benzene rings is 1. The predicted octanol–water partition coefficient (Wildman–Crippen LogP) is 1.45. The normalized spacial score (nSPS) is 27.8. The number of nitrogens with zero attached hydrogens (tertiary/aromatic N) is 1. The molecule has 2 aliphatic rings. The maximum absolute atomic E-state index is 12.9. The van der Waals surface area contributed by atoms with Crippen LogP contribution in [0.25, 0.3) is 0 Å². The van der Waals surface area contributed by atoms with Crippen LogP contribution >= 0.6 is 23.2 Å². The number of anilines is 1. The first-order valence-electron chi connectivity index (χ1n) is 8.31. The number of halogens is 2. The molecule has 2 saturated heterocycles. The molecule has 2 N–H and O–H groups in total. The Morgan fingerprint density at radius 1 is 1.25 bits per heavy atom. The molecule has 7 heteroatoms. The van der Waals surface area contributed by atoms with Crippen molar-refractivity contribution < 1.29 is 19.6 Å². The molecule has 3 rings (SSSR count). The van der Waals surface area contributed by atoms with E-state index in [2.05, 4.69) is 0 Å². The Labute approximate surface area is 151 Å². The van der Waals surface area contributed by atoms with Gasteiger partial charge in [0.25, 0.3) is 5.91 Å². The number of rotatable bonds is 4. The summed E-state index contributed by atoms with van der Waals surface area (Å²) in [5.74, 6) is -0.431. The van der Waals surface area contributed by atoms with E-state index in [1.165, 1.54) is 11.0 Å². The van der Waals surface area contributed by atoms with Crippen LogP contribution in [0, 0.1) is 0 Å². The number of carbonyl (C=O) groups is 2. The number of nitrogens with one attached hydrogen (secondary N) is 1. The second-order valence-corrected chi connectivity index (χ2v) is 7.29. The maximum Gasteiger partial charge on any atom is 0.292 e. The lowest BCUT2D eigenvalue weighted by molar-refractivity contribution is -0.945. The minimum atomic E-state index is -0.388. The molecule has 1 aromatic rings. The van der Waals surface area contributed by atoms with Crippen molar-refractivity contribution >= 4 is 40.7 Å². The lowest BCUT2D eigenvalue weighted by atomic mass is 9.97. The topological polar surface area (TPSA) is 62.1 Å². The van der Waals surface area contributed by atoms with E-state index >= 15 is 0 Å². The molecular formula is C17H21Cl2N2O3+. The molecule has 0 radical (unpaired) electrons. The molecule has 0 saturated carbocycles. The molecule has 0 spiro atoms. The highest BCUT2D eigenvalue weighted by Gasteiger charge is 2.48. The Balaban J connectivity index is 1.85. The Kier molecular flexibility index (Phi) is 5.45. The lowest BCUT2D eigenvalue weighted by Crippen LogP contribution is -3.20. The lowest BCUT2D eigenvalue weighted by Gasteiger charge is -2.35. The van der Waals surface area contributed by atoms with Crippen molar-refractivity contribution in [1.82, 2.24) is 0 Å². The average molecular weight is 372 g/mol. The van der Waals surface area contributed by atoms with E-state index in [4.69, 9.17) is 23.2 Å². The Bertz CT molecular complexity index is 651. The van der Waals surface area contributed by atoms with Crippen molar-refractivity contribution in [3.05, 3.63) is 28.2 Å². The highest BCUT2D eigenvalue weighted by Crippen LogP contribution is 2.32. The van der Waals surface area contributed by atoms with Gasteiger partial charge in [-0.05, 0) is 37.5 Å². The summed E-state index contributed by atoms with van der Waals surface area (Å²) in [4.78, 5) is 27.7. The molecule has 24 heavy (non-hydrogen) atoms. The largest absolute Gasteiger partial charge is 0.396 e. The van der Waals surface area contributed by atoms with E-state index < -0.39 is 0 Å². The van der Waals surface area contributed by atoms with Crippen LogP contribution in [-0.4, -0.2) is 42.2 Å². The highest BCUT2D eigenvalue weighted by molar-refractivity contribution is 6.38. The van der Waals surface area contributed by atoms with Crippen LogP contribution in [-0.2, 0) is 9.59 Å². The van der Waals surface area contributed by atoms with Crippen molar-refractivity contribution in [3.63, 3.8) is 0 Å². The van der Waals surface area contributed by atoms with Crippen LogP contribution < -0.4 is 9.80 Å². The molecule has 2 amide bonds. The van der Waals surface area contributed by atoms with Crippen molar-refractivity contribution in [2.75, 3.05) is 18.1 Å². The second-order valence-electron chi connectivity index (χ2n) is 6.45. The minimum absolute atomic E-state index is 0.107. The fourth-order valence-electron chi connectivity index (χ4n) is 3.89. The zero-order valence-electron chi connectivity index (χ0n) is 13.3. The molecule has 130 valence electrons. The van der Waals surface area contributed by atoms with Crippen LogP contribution in [0.5, 0.6) is 0 Å². The molecule has 0 aliphatic carbocycles. The van der Waals surface area contributed by atoms with E-state index in [0.29, 0.717) is 22.2 Å². The molecule has 1 unspecified atom stereocenters. The van der Waals surface area contributed by atoms with Gasteiger partial charge >= 0.3 is 0 Å². The van der Waals surface area contributed by atoms with Gasteiger partial charge in [0.2, 0.25) is 5.91 Å². The van der Waals surface area contributed by atoms with Gasteiger partial charge in [-0.25, -0.2) is 4.90 Å². The molecule has 2 heterocycles. The van der Waals surface area contributed by atoms with Crippen LogP contribution in [0.2, 0.25) is 10.0 Å². The summed E-state index contributed by atoms with van der Waals surface area (Å²) in [7, 11) is 0. The van der Waals surface area contributed by atoms with Gasteiger partial charge in [0.1, 0.15) is 0 Å². The van der Waals surface area contributed by atoms with Gasteiger partial charge in [0.05, 0.1) is 29.7 Å². The van der Waals surface area contributed by atoms with Crippen LogP contribution in [0.4, 0.5) is 5.69 Å². The number of aliphatic hydroxyl groups is 1. The van der Waals surface area contributed by atoms with Gasteiger partial charge in [0, 0.05) is 18.1 Å². The third kappa shape index (κ3) is 3.31. The zero-order valence-corrected chi connectivity index (χ0v) is 14.8. The fourth-order valence-corrected chi connectivity index (χ4v) is 4.38. The minimum Gasteiger partial charge on any atom is -0.396 e. The number of quaternary nitrogens is 1. The summed E-state index contributed by atoms with van der Waals surface area (Å²) in [6.07, 6.45) is 3.98. The number of aliphatic hydroxyl groups excluding tert-OH is 1. The highest BCUT2D eigenvalue weighted by atomic mass is 35.5. The SMILES string of the molecule is O=C1C[C@H]([NH+]2CCCC[C@@H]2CCO)C(=O)N1c1ccc(Cl)cc1Cl. The zero-order chi connectivity index (χ0) is 17.3. The number of carbonyl (C=O) groups excluding carboxylic acids is 2. The van der Waals surface area contributed by atoms with Gasteiger partial charge in [-0.3, -0.25) is 9.59 Å². The van der Waals surface area contributed by atoms with Gasteiger partial charge in [-0.1, -0.05) is 23.2 Å². The average Bonchev–Trinajstić information content (AvgIpc) is 2.84. The number of amides is 2. The van der Waals surface area contributed by atoms with Gasteiger partial charge < -0.3 is 10.0 Å². The Hall–Kier alpha value is -1.14. The van der Waals surface area contributed by atoms with Crippen molar-refractivity contribution in [1.29, 1.82) is 0 Å². The van der Waals surface area contributed by atoms with E-state index in [0.717, 1.165) is 30.7 Å². The Morgan fingerprint density at radius 2 is 2.04 bits per heavy atom. The predicted molar refractivity (Wildman–Crippen MR) is 92.5 cm³/mol. The van der Waals surface area contributed by atoms with Crippen molar-refractivity contribution in [2.24, 2.45) is 0 Å². The third-order valence-corrected chi connectivity index (χ3v) is 5.55. The van der Waals surface area contributed by atoms with Gasteiger partial charge in [0.15, 0.2) is 6.04 Å². The molecule has 1 aromatic carbocycles. The first kappa shape index (κ1) is 17.7. The standard InChI is InChI=1S/C17H20Cl2N2O3/c18-11-4-5-14(13(19)9-11)21-16(23)10-15(17(21)24)20-7-2-1-3-12(20)6-8-22/h4-5,9,12,15,22H,1-3,6-8,10H2/p+1/t12-,15+/m1/s1. The summed E-state index contributed by atoms with van der Waals surface area (Å²) in [6.45, 7) is 0.965. The molecule has 5 nitrogen and oxygen atoms in total. The first-order chi connectivity index (χ1) is 11.5. The molecular weight excluding hydrogens is 351 g/mol. The van der Waals surface area contributed by atoms with E-state index in [1.54, 1.807) is 12.1 Å². The first-order valence-corrected chi connectivity index (χ1v) is 9.07. The molecule has 3 atom stereocenters. The molecule has 2 fully saturated rings. The van der Waals surface area contributed by atoms with Gasteiger partial charge in [-0.2, -0.15) is 0 Å². The number of hydrogen-bond acceptors (Lipinski definition) is 3. The summed E-state index contributed by atoms with van der Waals surface area (Å²) in [5.41, 5.74) is 0.397. The number of hydrogen-bond donors (Lipinski definition) is 2. The molecule has 0 aromatic heterocycles. The molecule has 0 bridgehead atoms.